The van der Waals surface area contributed by atoms with Crippen molar-refractivity contribution in [1.82, 2.24) is 20.6 Å². The van der Waals surface area contributed by atoms with Crippen molar-refractivity contribution in [2.75, 3.05) is 14.0 Å². The van der Waals surface area contributed by atoms with Crippen LogP contribution >= 0.6 is 0 Å². The number of halogens is 3. The Kier molecular flexibility index (Phi) is 12.7. The third kappa shape index (κ3) is 10.5. The lowest BCUT2D eigenvalue weighted by Gasteiger charge is -2.06. The molecule has 0 fully saturated rings. The minimum absolute atomic E-state index is 0.175. The number of nitrogens with zero attached hydrogens (tertiary/aromatic N) is 2. The molecule has 3 rings (SSSR count). The molecule has 33 heavy (non-hydrogen) atoms. The minimum atomic E-state index is -1.75. The highest BCUT2D eigenvalue weighted by Gasteiger charge is 2.08. The molecule has 3 aromatic rings. The Labute approximate surface area is 191 Å². The number of alkyl halides is 2. The lowest BCUT2D eigenvalue weighted by molar-refractivity contribution is 0.0946. The maximum absolute atomic E-state index is 13.3. The summed E-state index contributed by atoms with van der Waals surface area (Å²) in [6.45, 7) is 2.74. The van der Waals surface area contributed by atoms with E-state index in [1.165, 1.54) is 24.3 Å². The third-order valence-electron chi connectivity index (χ3n) is 4.10. The summed E-state index contributed by atoms with van der Waals surface area (Å²) >= 11 is 0. The van der Waals surface area contributed by atoms with Crippen LogP contribution in [0.5, 0.6) is 0 Å². The largest absolute Gasteiger partial charge is 0.347 e. The van der Waals surface area contributed by atoms with E-state index in [2.05, 4.69) is 34.4 Å². The van der Waals surface area contributed by atoms with Crippen LogP contribution in [-0.4, -0.2) is 42.2 Å². The summed E-state index contributed by atoms with van der Waals surface area (Å²) in [5, 5.41) is 5.75. The Bertz CT molecular complexity index is 999. The number of benzene rings is 1. The van der Waals surface area contributed by atoms with Gasteiger partial charge in [-0.05, 0) is 42.9 Å². The molecule has 0 spiro atoms. The average molecular weight is 461 g/mol. The molecule has 0 unspecified atom stereocenters. The number of hydrogen-bond donors (Lipinski definition) is 2. The number of amides is 1. The highest BCUT2D eigenvalue weighted by Crippen LogP contribution is 2.17. The van der Waals surface area contributed by atoms with Gasteiger partial charge >= 0.3 is 0 Å². The summed E-state index contributed by atoms with van der Waals surface area (Å²) in [6, 6.07) is 15.1. The quantitative estimate of drug-likeness (QED) is 0.529. The van der Waals surface area contributed by atoms with Crippen molar-refractivity contribution in [3.8, 4) is 11.3 Å². The van der Waals surface area contributed by atoms with E-state index in [9.17, 15) is 22.8 Å². The monoisotopic (exact) mass is 460 g/mol. The van der Waals surface area contributed by atoms with Crippen molar-refractivity contribution in [1.29, 1.82) is 0 Å². The Morgan fingerprint density at radius 1 is 1.09 bits per heavy atom. The first-order valence-corrected chi connectivity index (χ1v) is 10.0. The first-order chi connectivity index (χ1) is 15.8. The van der Waals surface area contributed by atoms with Crippen molar-refractivity contribution in [2.24, 2.45) is 0 Å². The van der Waals surface area contributed by atoms with Gasteiger partial charge in [-0.2, -0.15) is 0 Å². The van der Waals surface area contributed by atoms with Gasteiger partial charge in [-0.15, -0.1) is 0 Å². The van der Waals surface area contributed by atoms with Crippen molar-refractivity contribution in [3.05, 3.63) is 83.6 Å². The second-order valence-electron chi connectivity index (χ2n) is 6.85. The summed E-state index contributed by atoms with van der Waals surface area (Å²) < 4.78 is 32.5. The molecule has 2 heterocycles. The normalized spacial score (nSPS) is 9.79. The molecule has 0 saturated heterocycles. The van der Waals surface area contributed by atoms with Crippen LogP contribution in [0.1, 0.15) is 40.4 Å². The van der Waals surface area contributed by atoms with Gasteiger partial charge in [0.2, 0.25) is 6.93 Å². The molecular weight excluding hydrogens is 433 g/mol. The Morgan fingerprint density at radius 3 is 2.30 bits per heavy atom. The molecule has 2 N–H and O–H groups in total. The highest BCUT2D eigenvalue weighted by molar-refractivity contribution is 5.92. The smallest absolute Gasteiger partial charge is 0.270 e. The number of carbonyl (C=O) groups excluding carboxylic acids is 2. The second kappa shape index (κ2) is 15.3. The van der Waals surface area contributed by atoms with Crippen LogP contribution in [0.15, 0.2) is 60.8 Å². The molecule has 6 nitrogen and oxygen atoms in total. The van der Waals surface area contributed by atoms with Gasteiger partial charge in [0.15, 0.2) is 6.29 Å². The number of carbonyl (C=O) groups is 2. The predicted molar refractivity (Wildman–Crippen MR) is 122 cm³/mol. The van der Waals surface area contributed by atoms with E-state index in [1.54, 1.807) is 30.5 Å². The zero-order chi connectivity index (χ0) is 24.6. The Hall–Kier alpha value is -3.59. The first-order valence-electron chi connectivity index (χ1n) is 10.0. The van der Waals surface area contributed by atoms with Gasteiger partial charge in [-0.25, -0.2) is 18.2 Å². The van der Waals surface area contributed by atoms with Crippen LogP contribution < -0.4 is 10.6 Å². The van der Waals surface area contributed by atoms with Crippen molar-refractivity contribution < 1.29 is 22.8 Å². The summed E-state index contributed by atoms with van der Waals surface area (Å²) in [5.74, 6) is -0.696. The van der Waals surface area contributed by atoms with Gasteiger partial charge in [0.05, 0.1) is 5.69 Å². The van der Waals surface area contributed by atoms with Crippen LogP contribution in [0, 0.1) is 5.82 Å². The zero-order valence-electron chi connectivity index (χ0n) is 18.7. The highest BCUT2D eigenvalue weighted by atomic mass is 19.3. The molecule has 1 amide bonds. The zero-order valence-corrected chi connectivity index (χ0v) is 18.7. The SMILES string of the molecule is CNC(C)C.FCF.O=Cc1cccc(C(=O)NCc2ccc(-c3cccc(F)c3)nc2)n1. The molecule has 0 atom stereocenters. The maximum atomic E-state index is 13.3. The summed E-state index contributed by atoms with van der Waals surface area (Å²) in [6.07, 6.45) is 2.21. The summed E-state index contributed by atoms with van der Waals surface area (Å²) in [7, 11) is 1.95. The van der Waals surface area contributed by atoms with Crippen LogP contribution in [0.25, 0.3) is 11.3 Å². The number of pyridine rings is 2. The van der Waals surface area contributed by atoms with E-state index in [1.807, 2.05) is 13.1 Å². The van der Waals surface area contributed by atoms with Gasteiger partial charge < -0.3 is 10.6 Å². The van der Waals surface area contributed by atoms with Gasteiger partial charge in [-0.3, -0.25) is 14.6 Å². The van der Waals surface area contributed by atoms with Crippen LogP contribution in [0.2, 0.25) is 0 Å². The van der Waals surface area contributed by atoms with Crippen LogP contribution in [0.3, 0.4) is 0 Å². The molecule has 0 aliphatic carbocycles. The average Bonchev–Trinajstić information content (AvgIpc) is 2.83. The number of hydrogen-bond acceptors (Lipinski definition) is 5. The van der Waals surface area contributed by atoms with Gasteiger partial charge in [0, 0.05) is 24.3 Å². The molecule has 0 aliphatic heterocycles. The molecule has 176 valence electrons. The molecule has 0 aliphatic rings. The topological polar surface area (TPSA) is 84.0 Å². The van der Waals surface area contributed by atoms with E-state index < -0.39 is 6.93 Å². The molecule has 1 aromatic carbocycles. The number of aldehydes is 1. The van der Waals surface area contributed by atoms with E-state index in [-0.39, 0.29) is 29.7 Å². The second-order valence-corrected chi connectivity index (χ2v) is 6.85. The lowest BCUT2D eigenvalue weighted by Crippen LogP contribution is -2.24. The lowest BCUT2D eigenvalue weighted by atomic mass is 10.1. The van der Waals surface area contributed by atoms with Crippen LogP contribution in [0.4, 0.5) is 13.2 Å². The summed E-state index contributed by atoms with van der Waals surface area (Å²) in [4.78, 5) is 31.0. The van der Waals surface area contributed by atoms with Crippen molar-refractivity contribution in [2.45, 2.75) is 26.4 Å². The summed E-state index contributed by atoms with van der Waals surface area (Å²) in [5.41, 5.74) is 2.50. The number of aromatic nitrogens is 2. The van der Waals surface area contributed by atoms with E-state index in [0.717, 1.165) is 5.56 Å². The molecular formula is C24H27F3N4O2. The van der Waals surface area contributed by atoms with Gasteiger partial charge in [0.25, 0.3) is 5.91 Å². The number of rotatable bonds is 6. The molecule has 2 aromatic heterocycles. The first kappa shape index (κ1) is 27.4. The number of nitrogens with one attached hydrogen (secondary N) is 2. The molecule has 0 saturated carbocycles. The fraction of sp³-hybridized carbons (Fsp3) is 0.250. The molecule has 9 heteroatoms. The van der Waals surface area contributed by atoms with E-state index in [4.69, 9.17) is 0 Å². The minimum Gasteiger partial charge on any atom is -0.347 e. The van der Waals surface area contributed by atoms with Crippen LogP contribution in [-0.2, 0) is 6.54 Å². The standard InChI is InChI=1S/C19H14FN3O2.C4H11N.CH2F2/c20-15-4-1-3-14(9-15)17-8-7-13(10-21-17)11-22-19(25)18-6-2-5-16(12-24)23-18;1-4(2)5-3;2-1-3/h1-10,12H,11H2,(H,22,25);4-5H,1-3H3;1H2. The molecule has 0 bridgehead atoms. The van der Waals surface area contributed by atoms with Crippen molar-refractivity contribution >= 4 is 12.2 Å². The van der Waals surface area contributed by atoms with E-state index >= 15 is 0 Å². The Morgan fingerprint density at radius 2 is 1.76 bits per heavy atom. The third-order valence-corrected chi connectivity index (χ3v) is 4.10. The molecule has 0 radical (unpaired) electrons. The fourth-order valence-electron chi connectivity index (χ4n) is 2.26. The van der Waals surface area contributed by atoms with E-state index in [0.29, 0.717) is 23.6 Å². The maximum Gasteiger partial charge on any atom is 0.270 e. The van der Waals surface area contributed by atoms with Gasteiger partial charge in [0.1, 0.15) is 17.2 Å². The van der Waals surface area contributed by atoms with Crippen molar-refractivity contribution in [3.63, 3.8) is 0 Å². The Balaban J connectivity index is 0.000000591. The van der Waals surface area contributed by atoms with Gasteiger partial charge in [-0.1, -0.05) is 38.1 Å². The fourth-order valence-corrected chi connectivity index (χ4v) is 2.26. The predicted octanol–water partition coefficient (Wildman–Crippen LogP) is 4.52.